The summed E-state index contributed by atoms with van der Waals surface area (Å²) in [6, 6.07) is 18.0. The summed E-state index contributed by atoms with van der Waals surface area (Å²) in [4.78, 5) is 14.4. The molecule has 0 fully saturated rings. The molecule has 22 heavy (non-hydrogen) atoms. The Morgan fingerprint density at radius 3 is 2.50 bits per heavy atom. The van der Waals surface area contributed by atoms with Crippen LogP contribution in [0.2, 0.25) is 0 Å². The quantitative estimate of drug-likeness (QED) is 0.856. The summed E-state index contributed by atoms with van der Waals surface area (Å²) < 4.78 is 0.911. The molecule has 0 aliphatic heterocycles. The molecule has 0 saturated carbocycles. The first-order chi connectivity index (χ1) is 10.6. The number of hydrogen-bond donors (Lipinski definition) is 1. The maximum Gasteiger partial charge on any atom is 0.251 e. The largest absolute Gasteiger partial charge is 0.350 e. The molecule has 1 unspecified atom stereocenters. The Labute approximate surface area is 140 Å². The van der Waals surface area contributed by atoms with Gasteiger partial charge in [0.2, 0.25) is 0 Å². The van der Waals surface area contributed by atoms with Crippen molar-refractivity contribution in [2.45, 2.75) is 12.5 Å². The highest BCUT2D eigenvalue weighted by atomic mass is 79.9. The van der Waals surface area contributed by atoms with Crippen molar-refractivity contribution in [3.63, 3.8) is 0 Å². The topological polar surface area (TPSA) is 32.3 Å². The predicted molar refractivity (Wildman–Crippen MR) is 94.1 cm³/mol. The van der Waals surface area contributed by atoms with Crippen molar-refractivity contribution in [2.75, 3.05) is 20.6 Å². The smallest absolute Gasteiger partial charge is 0.251 e. The standard InChI is InChI=1S/C18H21BrN2O/c1-21(2)17(11-14-7-4-3-5-8-14)13-20-18(22)15-9-6-10-16(19)12-15/h3-10,12,17H,11,13H2,1-2H3,(H,20,22). The Balaban J connectivity index is 1.96. The minimum atomic E-state index is -0.0405. The second kappa shape index (κ2) is 8.11. The van der Waals surface area contributed by atoms with Crippen molar-refractivity contribution in [2.24, 2.45) is 0 Å². The maximum atomic E-state index is 12.2. The maximum absolute atomic E-state index is 12.2. The van der Waals surface area contributed by atoms with E-state index in [1.807, 2.05) is 56.6 Å². The summed E-state index contributed by atoms with van der Waals surface area (Å²) in [6.45, 7) is 0.618. The molecule has 2 aromatic rings. The lowest BCUT2D eigenvalue weighted by molar-refractivity contribution is 0.0941. The van der Waals surface area contributed by atoms with Gasteiger partial charge in [-0.25, -0.2) is 0 Å². The fourth-order valence-corrected chi connectivity index (χ4v) is 2.67. The van der Waals surface area contributed by atoms with Crippen LogP contribution in [0.1, 0.15) is 15.9 Å². The fourth-order valence-electron chi connectivity index (χ4n) is 2.27. The third-order valence-corrected chi connectivity index (χ3v) is 4.12. The number of carbonyl (C=O) groups is 1. The summed E-state index contributed by atoms with van der Waals surface area (Å²) in [6.07, 6.45) is 0.909. The average Bonchev–Trinajstić information content (AvgIpc) is 2.51. The van der Waals surface area contributed by atoms with Crippen LogP contribution in [0, 0.1) is 0 Å². The molecule has 1 N–H and O–H groups in total. The lowest BCUT2D eigenvalue weighted by Gasteiger charge is -2.24. The van der Waals surface area contributed by atoms with Crippen molar-refractivity contribution >= 4 is 21.8 Å². The summed E-state index contributed by atoms with van der Waals surface area (Å²) >= 11 is 3.39. The first-order valence-corrected chi connectivity index (χ1v) is 8.09. The van der Waals surface area contributed by atoms with E-state index < -0.39 is 0 Å². The highest BCUT2D eigenvalue weighted by molar-refractivity contribution is 9.10. The van der Waals surface area contributed by atoms with E-state index in [1.54, 1.807) is 0 Å². The Morgan fingerprint density at radius 2 is 1.86 bits per heavy atom. The van der Waals surface area contributed by atoms with Gasteiger partial charge in [-0.05, 0) is 44.3 Å². The van der Waals surface area contributed by atoms with E-state index in [0.717, 1.165) is 10.9 Å². The van der Waals surface area contributed by atoms with Gasteiger partial charge >= 0.3 is 0 Å². The van der Waals surface area contributed by atoms with Gasteiger partial charge in [0.25, 0.3) is 5.91 Å². The molecule has 0 aliphatic carbocycles. The first kappa shape index (κ1) is 16.7. The SMILES string of the molecule is CN(C)C(CNC(=O)c1cccc(Br)c1)Cc1ccccc1. The molecule has 116 valence electrons. The average molecular weight is 361 g/mol. The summed E-state index contributed by atoms with van der Waals surface area (Å²) in [5.74, 6) is -0.0405. The van der Waals surface area contributed by atoms with Gasteiger partial charge in [0.1, 0.15) is 0 Å². The zero-order valence-electron chi connectivity index (χ0n) is 12.9. The second-order valence-corrected chi connectivity index (χ2v) is 6.44. The summed E-state index contributed by atoms with van der Waals surface area (Å²) in [5, 5.41) is 3.03. The van der Waals surface area contributed by atoms with Gasteiger partial charge in [-0.2, -0.15) is 0 Å². The van der Waals surface area contributed by atoms with Crippen LogP contribution in [-0.2, 0) is 6.42 Å². The molecule has 0 aliphatic rings. The number of nitrogens with zero attached hydrogens (tertiary/aromatic N) is 1. The van der Waals surface area contributed by atoms with Gasteiger partial charge in [0.05, 0.1) is 0 Å². The highest BCUT2D eigenvalue weighted by Gasteiger charge is 2.14. The fraction of sp³-hybridized carbons (Fsp3) is 0.278. The molecule has 0 radical (unpaired) electrons. The number of rotatable bonds is 6. The molecule has 2 aromatic carbocycles. The normalized spacial score (nSPS) is 12.2. The summed E-state index contributed by atoms with van der Waals surface area (Å²) in [5.41, 5.74) is 1.95. The van der Waals surface area contributed by atoms with E-state index >= 15 is 0 Å². The number of hydrogen-bond acceptors (Lipinski definition) is 2. The van der Waals surface area contributed by atoms with E-state index in [0.29, 0.717) is 12.1 Å². The molecule has 0 bridgehead atoms. The number of nitrogens with one attached hydrogen (secondary N) is 1. The van der Waals surface area contributed by atoms with E-state index in [-0.39, 0.29) is 11.9 Å². The van der Waals surface area contributed by atoms with Crippen LogP contribution in [-0.4, -0.2) is 37.5 Å². The summed E-state index contributed by atoms with van der Waals surface area (Å²) in [7, 11) is 4.08. The molecule has 0 saturated heterocycles. The first-order valence-electron chi connectivity index (χ1n) is 7.30. The molecule has 2 rings (SSSR count). The second-order valence-electron chi connectivity index (χ2n) is 5.53. The van der Waals surface area contributed by atoms with Crippen molar-refractivity contribution in [1.29, 1.82) is 0 Å². The van der Waals surface area contributed by atoms with Gasteiger partial charge in [-0.1, -0.05) is 52.3 Å². The van der Waals surface area contributed by atoms with Crippen LogP contribution in [0.15, 0.2) is 59.1 Å². The van der Waals surface area contributed by atoms with E-state index in [2.05, 4.69) is 38.3 Å². The predicted octanol–water partition coefficient (Wildman–Crippen LogP) is 3.35. The van der Waals surface area contributed by atoms with Crippen molar-refractivity contribution in [1.82, 2.24) is 10.2 Å². The Kier molecular flexibility index (Phi) is 6.16. The van der Waals surface area contributed by atoms with Gasteiger partial charge in [-0.3, -0.25) is 4.79 Å². The molecule has 1 atom stereocenters. The van der Waals surface area contributed by atoms with Gasteiger partial charge in [-0.15, -0.1) is 0 Å². The van der Waals surface area contributed by atoms with Crippen molar-refractivity contribution in [3.05, 3.63) is 70.2 Å². The van der Waals surface area contributed by atoms with Crippen LogP contribution in [0.5, 0.6) is 0 Å². The minimum Gasteiger partial charge on any atom is -0.350 e. The van der Waals surface area contributed by atoms with Crippen LogP contribution in [0.3, 0.4) is 0 Å². The number of likely N-dealkylation sites (N-methyl/N-ethyl adjacent to an activating group) is 1. The van der Waals surface area contributed by atoms with Crippen LogP contribution in [0.25, 0.3) is 0 Å². The number of carbonyl (C=O) groups excluding carboxylic acids is 1. The zero-order chi connectivity index (χ0) is 15.9. The van der Waals surface area contributed by atoms with Gasteiger partial charge in [0.15, 0.2) is 0 Å². The molecule has 0 aromatic heterocycles. The lowest BCUT2D eigenvalue weighted by atomic mass is 10.1. The van der Waals surface area contributed by atoms with Crippen molar-refractivity contribution < 1.29 is 4.79 Å². The third kappa shape index (κ3) is 4.97. The van der Waals surface area contributed by atoms with Crippen molar-refractivity contribution in [3.8, 4) is 0 Å². The molecule has 0 heterocycles. The van der Waals surface area contributed by atoms with E-state index in [4.69, 9.17) is 0 Å². The number of benzene rings is 2. The number of halogens is 1. The molecule has 1 amide bonds. The van der Waals surface area contributed by atoms with Crippen LogP contribution in [0.4, 0.5) is 0 Å². The van der Waals surface area contributed by atoms with Crippen LogP contribution >= 0.6 is 15.9 Å². The minimum absolute atomic E-state index is 0.0405. The molecule has 4 heteroatoms. The zero-order valence-corrected chi connectivity index (χ0v) is 14.5. The van der Waals surface area contributed by atoms with Crippen LogP contribution < -0.4 is 5.32 Å². The molecular formula is C18H21BrN2O. The van der Waals surface area contributed by atoms with Gasteiger partial charge in [0, 0.05) is 22.6 Å². The Bertz CT molecular complexity index is 613. The number of amides is 1. The van der Waals surface area contributed by atoms with E-state index in [1.165, 1.54) is 5.56 Å². The lowest BCUT2D eigenvalue weighted by Crippen LogP contribution is -2.41. The highest BCUT2D eigenvalue weighted by Crippen LogP contribution is 2.12. The van der Waals surface area contributed by atoms with Gasteiger partial charge < -0.3 is 10.2 Å². The molecule has 3 nitrogen and oxygen atoms in total. The monoisotopic (exact) mass is 360 g/mol. The Morgan fingerprint density at radius 1 is 1.14 bits per heavy atom. The molecule has 0 spiro atoms. The van der Waals surface area contributed by atoms with E-state index in [9.17, 15) is 4.79 Å². The Hall–Kier alpha value is -1.65. The molecular weight excluding hydrogens is 340 g/mol. The third-order valence-electron chi connectivity index (χ3n) is 3.63.